The average molecular weight is 709 g/mol. The Morgan fingerprint density at radius 3 is 2.16 bits per heavy atom. The molecule has 3 aromatic rings. The van der Waals surface area contributed by atoms with E-state index in [9.17, 15) is 13.5 Å². The molecule has 0 aliphatic carbocycles. The van der Waals surface area contributed by atoms with Crippen LogP contribution in [0.25, 0.3) is 10.9 Å². The fourth-order valence-corrected chi connectivity index (χ4v) is 10.5. The minimum Gasteiger partial charge on any atom is -0.488 e. The van der Waals surface area contributed by atoms with Crippen LogP contribution in [0.3, 0.4) is 0 Å². The van der Waals surface area contributed by atoms with E-state index in [0.29, 0.717) is 17.8 Å². The summed E-state index contributed by atoms with van der Waals surface area (Å²) in [4.78, 5) is 13.7. The van der Waals surface area contributed by atoms with Gasteiger partial charge >= 0.3 is 0 Å². The molecule has 3 aliphatic rings. The number of aliphatic hydroxyl groups is 1. The summed E-state index contributed by atoms with van der Waals surface area (Å²) in [7, 11) is -3.87. The van der Waals surface area contributed by atoms with Gasteiger partial charge in [-0.05, 0) is 133 Å². The molecule has 0 amide bonds. The van der Waals surface area contributed by atoms with Gasteiger partial charge in [0.2, 0.25) is 9.84 Å². The van der Waals surface area contributed by atoms with Crippen LogP contribution in [0, 0.1) is 5.41 Å². The number of ether oxygens (including phenoxy) is 1. The number of likely N-dealkylation sites (tertiary alicyclic amines) is 2. The van der Waals surface area contributed by atoms with Crippen molar-refractivity contribution in [2.45, 2.75) is 118 Å². The van der Waals surface area contributed by atoms with Gasteiger partial charge in [0.15, 0.2) is 0 Å². The van der Waals surface area contributed by atoms with Gasteiger partial charge in [-0.2, -0.15) is 0 Å². The lowest BCUT2D eigenvalue weighted by Crippen LogP contribution is -2.53. The van der Waals surface area contributed by atoms with Crippen LogP contribution in [0.2, 0.25) is 0 Å². The van der Waals surface area contributed by atoms with Gasteiger partial charge < -0.3 is 19.6 Å². The Hall–Kier alpha value is -2.37. The van der Waals surface area contributed by atoms with E-state index >= 15 is 0 Å². The number of aromatic nitrogens is 1. The van der Waals surface area contributed by atoms with Gasteiger partial charge in [-0.15, -0.1) is 11.8 Å². The SMILES string of the molecule is CSc1ccc2ncc(S(=O)(=O)c3ccc(OC(C)(C)CC(C)(C)C)cc3)c(N3CCC(N4CCC(N5CCC[C@H](O)C5)CC4)CC3)c2c1. The van der Waals surface area contributed by atoms with Gasteiger partial charge in [0, 0.05) is 48.2 Å². The molecule has 0 bridgehead atoms. The number of β-amino-alcohol motifs (C(OH)–C–C–N with tert-alkyl or cyclic N) is 1. The summed E-state index contributed by atoms with van der Waals surface area (Å²) < 4.78 is 35.2. The Labute approximate surface area is 298 Å². The van der Waals surface area contributed by atoms with Crippen LogP contribution >= 0.6 is 11.8 Å². The van der Waals surface area contributed by atoms with Gasteiger partial charge in [0.1, 0.15) is 16.2 Å². The third kappa shape index (κ3) is 8.58. The molecule has 49 heavy (non-hydrogen) atoms. The lowest BCUT2D eigenvalue weighted by molar-refractivity contribution is 0.0170. The fourth-order valence-electron chi connectivity index (χ4n) is 8.62. The number of rotatable bonds is 9. The number of nitrogens with zero attached hydrogens (tertiary/aromatic N) is 4. The first-order valence-electron chi connectivity index (χ1n) is 18.1. The van der Waals surface area contributed by atoms with Gasteiger partial charge in [-0.1, -0.05) is 20.8 Å². The molecule has 10 heteroatoms. The number of piperidine rings is 3. The van der Waals surface area contributed by atoms with Gasteiger partial charge in [0.25, 0.3) is 0 Å². The number of thioether (sulfide) groups is 1. The van der Waals surface area contributed by atoms with E-state index in [1.54, 1.807) is 42.2 Å². The zero-order chi connectivity index (χ0) is 35.0. The van der Waals surface area contributed by atoms with E-state index in [2.05, 4.69) is 66.4 Å². The van der Waals surface area contributed by atoms with Gasteiger partial charge in [-0.3, -0.25) is 9.88 Å². The summed E-state index contributed by atoms with van der Waals surface area (Å²) in [5.74, 6) is 0.661. The Bertz CT molecular complexity index is 1690. The molecule has 4 heterocycles. The summed E-state index contributed by atoms with van der Waals surface area (Å²) in [6, 6.07) is 14.1. The molecule has 0 unspecified atom stereocenters. The highest BCUT2D eigenvalue weighted by Crippen LogP contribution is 2.40. The molecule has 8 nitrogen and oxygen atoms in total. The first-order valence-corrected chi connectivity index (χ1v) is 20.9. The number of sulfone groups is 1. The van der Waals surface area contributed by atoms with Crippen LogP contribution < -0.4 is 9.64 Å². The molecule has 3 aliphatic heterocycles. The maximum atomic E-state index is 14.4. The molecule has 1 aromatic heterocycles. The highest BCUT2D eigenvalue weighted by molar-refractivity contribution is 7.98. The van der Waals surface area contributed by atoms with Crippen molar-refractivity contribution in [2.24, 2.45) is 5.41 Å². The first kappa shape index (κ1) is 36.4. The molecule has 3 fully saturated rings. The van der Waals surface area contributed by atoms with Crippen LogP contribution in [0.5, 0.6) is 5.75 Å². The quantitative estimate of drug-likeness (QED) is 0.231. The van der Waals surface area contributed by atoms with Crippen molar-refractivity contribution in [3.8, 4) is 5.75 Å². The minimum atomic E-state index is -3.87. The third-order valence-electron chi connectivity index (χ3n) is 10.5. The van der Waals surface area contributed by atoms with E-state index in [1.807, 2.05) is 12.3 Å². The van der Waals surface area contributed by atoms with Crippen LogP contribution in [0.1, 0.15) is 79.6 Å². The van der Waals surface area contributed by atoms with Crippen LogP contribution in [0.15, 0.2) is 63.3 Å². The first-order chi connectivity index (χ1) is 23.2. The summed E-state index contributed by atoms with van der Waals surface area (Å²) in [6.07, 6.45) is 10.6. The maximum Gasteiger partial charge on any atom is 0.210 e. The molecule has 2 aromatic carbocycles. The summed E-state index contributed by atoms with van der Waals surface area (Å²) in [5, 5.41) is 11.1. The molecule has 0 radical (unpaired) electrons. The molecule has 0 spiro atoms. The number of aliphatic hydroxyl groups excluding tert-OH is 1. The predicted octanol–water partition coefficient (Wildman–Crippen LogP) is 7.27. The topological polar surface area (TPSA) is 86.2 Å². The van der Waals surface area contributed by atoms with E-state index in [1.165, 1.54) is 0 Å². The Morgan fingerprint density at radius 2 is 1.53 bits per heavy atom. The number of hydrogen-bond donors (Lipinski definition) is 1. The summed E-state index contributed by atoms with van der Waals surface area (Å²) in [6.45, 7) is 16.4. The second-order valence-electron chi connectivity index (χ2n) is 16.2. The largest absolute Gasteiger partial charge is 0.488 e. The van der Waals surface area contributed by atoms with Crippen LogP contribution in [-0.4, -0.2) is 97.6 Å². The van der Waals surface area contributed by atoms with Crippen molar-refractivity contribution in [2.75, 3.05) is 50.4 Å². The van der Waals surface area contributed by atoms with Crippen molar-refractivity contribution in [1.82, 2.24) is 14.8 Å². The third-order valence-corrected chi connectivity index (χ3v) is 13.0. The maximum absolute atomic E-state index is 14.4. The van der Waals surface area contributed by atoms with E-state index < -0.39 is 9.84 Å². The van der Waals surface area contributed by atoms with Crippen molar-refractivity contribution >= 4 is 38.2 Å². The fraction of sp³-hybridized carbons (Fsp3) is 0.615. The number of pyridine rings is 1. The lowest BCUT2D eigenvalue weighted by atomic mass is 9.83. The zero-order valence-electron chi connectivity index (χ0n) is 30.3. The van der Waals surface area contributed by atoms with Crippen LogP contribution in [0.4, 0.5) is 5.69 Å². The zero-order valence-corrected chi connectivity index (χ0v) is 32.0. The number of benzene rings is 2. The van der Waals surface area contributed by atoms with Gasteiger partial charge in [0.05, 0.1) is 22.2 Å². The van der Waals surface area contributed by atoms with E-state index in [4.69, 9.17) is 4.74 Å². The average Bonchev–Trinajstić information content (AvgIpc) is 3.06. The van der Waals surface area contributed by atoms with Crippen molar-refractivity contribution in [3.63, 3.8) is 0 Å². The Morgan fingerprint density at radius 1 is 0.878 bits per heavy atom. The highest BCUT2D eigenvalue weighted by atomic mass is 32.2. The van der Waals surface area contributed by atoms with Gasteiger partial charge in [-0.25, -0.2) is 8.42 Å². The normalized spacial score (nSPS) is 21.4. The molecule has 1 atom stereocenters. The molecular weight excluding hydrogens is 653 g/mol. The Balaban J connectivity index is 1.21. The Kier molecular flexibility index (Phi) is 10.9. The number of fused-ring (bicyclic) bond motifs is 1. The van der Waals surface area contributed by atoms with E-state index in [-0.39, 0.29) is 26.9 Å². The van der Waals surface area contributed by atoms with Crippen molar-refractivity contribution in [1.29, 1.82) is 0 Å². The standard InChI is InChI=1S/C39H56N4O4S2/c1-38(2,3)27-39(4,5)47-31-9-12-33(13-10-31)49(45,46)36-25-40-35-14-11-32(48-6)24-34(35)37(36)42-22-17-28(18-23-42)41-20-15-29(16-21-41)43-19-7-8-30(44)26-43/h9-14,24-25,28-30,44H,7-8,15-23,26-27H2,1-6H3/t30-/m0/s1. The highest BCUT2D eigenvalue weighted by Gasteiger charge is 2.34. The smallest absolute Gasteiger partial charge is 0.210 e. The van der Waals surface area contributed by atoms with Crippen molar-refractivity contribution < 1.29 is 18.3 Å². The van der Waals surface area contributed by atoms with E-state index in [0.717, 1.165) is 106 Å². The second-order valence-corrected chi connectivity index (χ2v) is 19.0. The molecule has 3 saturated heterocycles. The minimum absolute atomic E-state index is 0.103. The molecule has 268 valence electrons. The molecular formula is C39H56N4O4S2. The summed E-state index contributed by atoms with van der Waals surface area (Å²) in [5.41, 5.74) is 1.30. The monoisotopic (exact) mass is 708 g/mol. The number of anilines is 1. The predicted molar refractivity (Wildman–Crippen MR) is 201 cm³/mol. The number of hydrogen-bond acceptors (Lipinski definition) is 9. The van der Waals surface area contributed by atoms with Crippen molar-refractivity contribution in [3.05, 3.63) is 48.7 Å². The lowest BCUT2D eigenvalue weighted by Gasteiger charge is -2.45. The molecule has 0 saturated carbocycles. The second kappa shape index (κ2) is 14.7. The molecule has 6 rings (SSSR count). The summed E-state index contributed by atoms with van der Waals surface area (Å²) >= 11 is 1.65. The van der Waals surface area contributed by atoms with Crippen LogP contribution in [-0.2, 0) is 9.84 Å². The molecule has 1 N–H and O–H groups in total.